The van der Waals surface area contributed by atoms with Gasteiger partial charge in [-0.05, 0) is 6.92 Å². The Balaban J connectivity index is 2.59. The first kappa shape index (κ1) is 14.1. The van der Waals surface area contributed by atoms with E-state index in [2.05, 4.69) is 14.9 Å². The van der Waals surface area contributed by atoms with Gasteiger partial charge in [-0.25, -0.2) is 4.98 Å². The third-order valence-corrected chi connectivity index (χ3v) is 2.62. The lowest BCUT2D eigenvalue weighted by atomic mass is 10.2. The molecule has 8 heteroatoms. The van der Waals surface area contributed by atoms with E-state index < -0.39 is 11.9 Å². The topological polar surface area (TPSA) is 104 Å². The van der Waals surface area contributed by atoms with Crippen LogP contribution in [0, 0.1) is 5.92 Å². The molecule has 1 rings (SSSR count). The van der Waals surface area contributed by atoms with E-state index in [1.54, 1.807) is 18.6 Å². The molecule has 0 aromatic carbocycles. The number of carbonyl (C=O) groups is 1. The molecule has 0 fully saturated rings. The first-order chi connectivity index (χ1) is 8.58. The Hall–Kier alpha value is -1.96. The Labute approximate surface area is 108 Å². The number of nitrogens with zero attached hydrogens (tertiary/aromatic N) is 2. The molecule has 1 radical (unpaired) electrons. The number of rotatable bonds is 6. The van der Waals surface area contributed by atoms with Crippen molar-refractivity contribution in [3.63, 3.8) is 0 Å². The van der Waals surface area contributed by atoms with Crippen molar-refractivity contribution in [2.75, 3.05) is 19.5 Å². The van der Waals surface area contributed by atoms with Gasteiger partial charge in [-0.15, -0.1) is 11.3 Å². The molecule has 0 aliphatic rings. The highest BCUT2D eigenvalue weighted by Crippen LogP contribution is 2.11. The number of esters is 1. The van der Waals surface area contributed by atoms with Gasteiger partial charge in [0.1, 0.15) is 12.3 Å². The zero-order valence-electron chi connectivity index (χ0n) is 9.87. The second-order valence-electron chi connectivity index (χ2n) is 3.33. The van der Waals surface area contributed by atoms with Gasteiger partial charge >= 0.3 is 5.97 Å². The van der Waals surface area contributed by atoms with Gasteiger partial charge in [0.2, 0.25) is 0 Å². The quantitative estimate of drug-likeness (QED) is 0.455. The fraction of sp³-hybridized carbons (Fsp3) is 0.400. The highest BCUT2D eigenvalue weighted by atomic mass is 32.1. The van der Waals surface area contributed by atoms with Crippen LogP contribution in [0.1, 0.15) is 12.6 Å². The number of aromatic nitrogens is 1. The van der Waals surface area contributed by atoms with Gasteiger partial charge in [0.15, 0.2) is 10.8 Å². The van der Waals surface area contributed by atoms with Crippen molar-refractivity contribution in [1.29, 1.82) is 0 Å². The number of nitrogen functional groups attached to an aromatic ring is 1. The van der Waals surface area contributed by atoms with Gasteiger partial charge in [0, 0.05) is 5.38 Å². The standard InChI is InChI=1S/C10H12N3O4S/c1-6(9(15)16-2)4-17-13-7(3-14)8-5-18-10(11)12-8/h5-6H,4H2,1-2H3,(H2,11,12)/b13-7+. The van der Waals surface area contributed by atoms with E-state index in [0.717, 1.165) is 0 Å². The molecule has 2 N–H and O–H groups in total. The van der Waals surface area contributed by atoms with E-state index in [9.17, 15) is 9.59 Å². The van der Waals surface area contributed by atoms with Gasteiger partial charge in [0.25, 0.3) is 6.29 Å². The average molecular weight is 270 g/mol. The van der Waals surface area contributed by atoms with E-state index in [1.807, 2.05) is 0 Å². The molecule has 0 saturated carbocycles. The molecule has 1 heterocycles. The number of anilines is 1. The minimum Gasteiger partial charge on any atom is -0.469 e. The van der Waals surface area contributed by atoms with Crippen LogP contribution >= 0.6 is 11.3 Å². The average Bonchev–Trinajstić information content (AvgIpc) is 2.79. The number of carbonyl (C=O) groups excluding carboxylic acids is 2. The second kappa shape index (κ2) is 6.70. The molecule has 97 valence electrons. The van der Waals surface area contributed by atoms with E-state index >= 15 is 0 Å². The lowest BCUT2D eigenvalue weighted by Crippen LogP contribution is -2.17. The summed E-state index contributed by atoms with van der Waals surface area (Å²) in [4.78, 5) is 30.5. The molecule has 0 aliphatic heterocycles. The third-order valence-electron chi connectivity index (χ3n) is 1.95. The fourth-order valence-corrected chi connectivity index (χ4v) is 1.54. The number of hydrogen-bond acceptors (Lipinski definition) is 8. The summed E-state index contributed by atoms with van der Waals surface area (Å²) in [7, 11) is 1.28. The van der Waals surface area contributed by atoms with E-state index in [4.69, 9.17) is 10.6 Å². The molecule has 0 bridgehead atoms. The Bertz CT molecular complexity index is 458. The van der Waals surface area contributed by atoms with Crippen LogP contribution in [0.25, 0.3) is 0 Å². The Kier molecular flexibility index (Phi) is 5.25. The van der Waals surface area contributed by atoms with Crippen LogP contribution in [0.4, 0.5) is 5.13 Å². The molecular weight excluding hydrogens is 258 g/mol. The van der Waals surface area contributed by atoms with Crippen molar-refractivity contribution in [3.05, 3.63) is 11.1 Å². The van der Waals surface area contributed by atoms with Crippen LogP contribution in [-0.4, -0.2) is 36.7 Å². The number of thiazole rings is 1. The summed E-state index contributed by atoms with van der Waals surface area (Å²) < 4.78 is 4.51. The van der Waals surface area contributed by atoms with Gasteiger partial charge in [-0.3, -0.25) is 9.59 Å². The number of hydrogen-bond donors (Lipinski definition) is 1. The summed E-state index contributed by atoms with van der Waals surface area (Å²) in [6.45, 7) is 1.62. The number of nitrogens with two attached hydrogens (primary N) is 1. The highest BCUT2D eigenvalue weighted by Gasteiger charge is 2.14. The number of oxime groups is 1. The molecule has 7 nitrogen and oxygen atoms in total. The first-order valence-corrected chi connectivity index (χ1v) is 5.83. The number of methoxy groups -OCH3 is 1. The summed E-state index contributed by atoms with van der Waals surface area (Å²) in [5, 5.41) is 5.43. The zero-order valence-corrected chi connectivity index (χ0v) is 10.7. The summed E-state index contributed by atoms with van der Waals surface area (Å²) in [5.74, 6) is -0.896. The number of ether oxygens (including phenoxy) is 1. The maximum atomic E-state index is 11.1. The van der Waals surface area contributed by atoms with Gasteiger partial charge in [-0.2, -0.15) is 0 Å². The van der Waals surface area contributed by atoms with Gasteiger partial charge in [-0.1, -0.05) is 5.16 Å². The minimum atomic E-state index is -0.479. The molecule has 0 amide bonds. The second-order valence-corrected chi connectivity index (χ2v) is 4.22. The highest BCUT2D eigenvalue weighted by molar-refractivity contribution is 7.13. The third kappa shape index (κ3) is 3.81. The molecule has 0 spiro atoms. The van der Waals surface area contributed by atoms with Crippen molar-refractivity contribution in [1.82, 2.24) is 4.98 Å². The predicted molar refractivity (Wildman–Crippen MR) is 65.9 cm³/mol. The first-order valence-electron chi connectivity index (χ1n) is 4.95. The van der Waals surface area contributed by atoms with E-state index in [-0.39, 0.29) is 12.3 Å². The van der Waals surface area contributed by atoms with Crippen LogP contribution < -0.4 is 5.73 Å². The predicted octanol–water partition coefficient (Wildman–Crippen LogP) is 0.365. The van der Waals surface area contributed by atoms with Crippen molar-refractivity contribution >= 4 is 34.4 Å². The summed E-state index contributed by atoms with van der Waals surface area (Å²) in [5.41, 5.74) is 5.62. The van der Waals surface area contributed by atoms with E-state index in [1.165, 1.54) is 18.4 Å². The molecule has 0 saturated heterocycles. The summed E-state index contributed by atoms with van der Waals surface area (Å²) >= 11 is 1.17. The fourth-order valence-electron chi connectivity index (χ4n) is 0.997. The van der Waals surface area contributed by atoms with Crippen molar-refractivity contribution < 1.29 is 19.2 Å². The van der Waals surface area contributed by atoms with Crippen LogP contribution in [0.15, 0.2) is 10.5 Å². The Morgan fingerprint density at radius 2 is 2.44 bits per heavy atom. The molecule has 1 unspecified atom stereocenters. The summed E-state index contributed by atoms with van der Waals surface area (Å²) in [6.07, 6.45) is 1.60. The van der Waals surface area contributed by atoms with Crippen LogP contribution in [0.3, 0.4) is 0 Å². The lowest BCUT2D eigenvalue weighted by Gasteiger charge is -2.06. The monoisotopic (exact) mass is 270 g/mol. The molecule has 0 aliphatic carbocycles. The molecular formula is C10H12N3O4S. The minimum absolute atomic E-state index is 0.00251. The van der Waals surface area contributed by atoms with Crippen molar-refractivity contribution in [3.8, 4) is 0 Å². The maximum absolute atomic E-state index is 11.1. The van der Waals surface area contributed by atoms with Gasteiger partial charge < -0.3 is 15.3 Å². The largest absolute Gasteiger partial charge is 0.469 e. The Morgan fingerprint density at radius 1 is 1.72 bits per heavy atom. The maximum Gasteiger partial charge on any atom is 0.311 e. The van der Waals surface area contributed by atoms with E-state index in [0.29, 0.717) is 10.8 Å². The Morgan fingerprint density at radius 3 is 2.94 bits per heavy atom. The van der Waals surface area contributed by atoms with Crippen LogP contribution in [0.5, 0.6) is 0 Å². The smallest absolute Gasteiger partial charge is 0.311 e. The van der Waals surface area contributed by atoms with Crippen LogP contribution in [0.2, 0.25) is 0 Å². The lowest BCUT2D eigenvalue weighted by molar-refractivity contribution is -0.146. The summed E-state index contributed by atoms with van der Waals surface area (Å²) in [6, 6.07) is 0. The SMILES string of the molecule is COC(=O)C(C)CO/N=C(\[C]=O)c1csc(N)n1. The van der Waals surface area contributed by atoms with Crippen molar-refractivity contribution in [2.24, 2.45) is 11.1 Å². The van der Waals surface area contributed by atoms with Crippen molar-refractivity contribution in [2.45, 2.75) is 6.92 Å². The molecule has 1 aromatic rings. The molecule has 18 heavy (non-hydrogen) atoms. The zero-order chi connectivity index (χ0) is 13.5. The molecule has 1 aromatic heterocycles. The van der Waals surface area contributed by atoms with Crippen LogP contribution in [-0.2, 0) is 19.2 Å². The molecule has 1 atom stereocenters. The van der Waals surface area contributed by atoms with Gasteiger partial charge in [0.05, 0.1) is 13.0 Å². The normalized spacial score (nSPS) is 12.9.